The minimum atomic E-state index is -1.92. The molecule has 10 heavy (non-hydrogen) atoms. The normalized spacial score (nSPS) is 9.90. The van der Waals surface area contributed by atoms with Gasteiger partial charge in [0, 0.05) is 6.20 Å². The number of carbonyl (C=O) groups excluding carboxylic acids is 1. The molecule has 0 aliphatic carbocycles. The summed E-state index contributed by atoms with van der Waals surface area (Å²) in [6.07, 6.45) is 1.16. The van der Waals surface area contributed by atoms with Crippen molar-refractivity contribution >= 4 is 40.7 Å². The summed E-state index contributed by atoms with van der Waals surface area (Å²) in [5, 5.41) is 2.14. The second-order valence-electron chi connectivity index (χ2n) is 1.32. The quantitative estimate of drug-likeness (QED) is 0.507. The predicted molar refractivity (Wildman–Crippen MR) is 42.1 cm³/mol. The fraction of sp³-hybridized carbons (Fsp3) is 0.200. The van der Waals surface area contributed by atoms with Gasteiger partial charge in [0.25, 0.3) is 9.70 Å². The van der Waals surface area contributed by atoms with Crippen molar-refractivity contribution in [1.82, 2.24) is 5.32 Å². The van der Waals surface area contributed by atoms with Crippen molar-refractivity contribution < 1.29 is 4.79 Å². The van der Waals surface area contributed by atoms with Crippen molar-refractivity contribution in [2.45, 2.75) is 3.79 Å². The van der Waals surface area contributed by atoms with Crippen molar-refractivity contribution in [2.75, 3.05) is 0 Å². The van der Waals surface area contributed by atoms with Gasteiger partial charge in [-0.3, -0.25) is 4.79 Å². The third-order valence-corrected chi connectivity index (χ3v) is 1.08. The molecule has 0 bridgehead atoms. The summed E-state index contributed by atoms with van der Waals surface area (Å²) in [5.41, 5.74) is 2.29. The zero-order chi connectivity index (χ0) is 8.20. The molecule has 0 saturated carbocycles. The molecule has 0 unspecified atom stereocenters. The number of hydrogen-bond acceptors (Lipinski definition) is 1. The summed E-state index contributed by atoms with van der Waals surface area (Å²) in [6, 6.07) is 0. The molecule has 2 nitrogen and oxygen atoms in total. The molecule has 0 fully saturated rings. The highest BCUT2D eigenvalue weighted by Crippen LogP contribution is 2.25. The Morgan fingerprint density at radius 2 is 2.10 bits per heavy atom. The Labute approximate surface area is 73.4 Å². The number of alkyl halides is 3. The van der Waals surface area contributed by atoms with Crippen LogP contribution in [-0.4, -0.2) is 9.70 Å². The highest BCUT2D eigenvalue weighted by Gasteiger charge is 2.29. The minimum Gasteiger partial charge on any atom is -0.322 e. The standard InChI is InChI=1S/C5H4Cl3NO/c1-2-3-9-4(10)5(6,7)8/h3H,1H2,(H,9,10). The number of carbonyl (C=O) groups is 1. The highest BCUT2D eigenvalue weighted by molar-refractivity contribution is 6.76. The van der Waals surface area contributed by atoms with E-state index < -0.39 is 9.70 Å². The minimum absolute atomic E-state index is 0.728. The molecule has 0 aromatic heterocycles. The van der Waals surface area contributed by atoms with Crippen LogP contribution in [0.5, 0.6) is 0 Å². The van der Waals surface area contributed by atoms with Crippen LogP contribution in [0.25, 0.3) is 0 Å². The van der Waals surface area contributed by atoms with Gasteiger partial charge in [0.1, 0.15) is 0 Å². The van der Waals surface area contributed by atoms with E-state index in [9.17, 15) is 4.79 Å². The average Bonchev–Trinajstić information content (AvgIpc) is 1.80. The van der Waals surface area contributed by atoms with Crippen LogP contribution in [0.2, 0.25) is 0 Å². The monoisotopic (exact) mass is 199 g/mol. The zero-order valence-corrected chi connectivity index (χ0v) is 7.09. The van der Waals surface area contributed by atoms with E-state index in [1.165, 1.54) is 0 Å². The van der Waals surface area contributed by atoms with Gasteiger partial charge >= 0.3 is 0 Å². The van der Waals surface area contributed by atoms with Gasteiger partial charge in [-0.05, 0) is 0 Å². The van der Waals surface area contributed by atoms with E-state index in [0.717, 1.165) is 6.20 Å². The molecule has 0 aromatic carbocycles. The Balaban J connectivity index is 3.98. The average molecular weight is 200 g/mol. The van der Waals surface area contributed by atoms with E-state index in [0.29, 0.717) is 0 Å². The van der Waals surface area contributed by atoms with Crippen LogP contribution in [0.15, 0.2) is 18.5 Å². The van der Waals surface area contributed by atoms with Crippen LogP contribution in [0.3, 0.4) is 0 Å². The number of amides is 1. The summed E-state index contributed by atoms with van der Waals surface area (Å²) < 4.78 is -1.92. The Morgan fingerprint density at radius 3 is 2.40 bits per heavy atom. The van der Waals surface area contributed by atoms with Crippen LogP contribution in [0, 0.1) is 0 Å². The SMILES string of the molecule is C=C=CNC(=O)C(Cl)(Cl)Cl. The summed E-state index contributed by atoms with van der Waals surface area (Å²) >= 11 is 15.5. The second kappa shape index (κ2) is 3.89. The first-order valence-electron chi connectivity index (χ1n) is 2.20. The van der Waals surface area contributed by atoms with Crippen LogP contribution in [0.4, 0.5) is 0 Å². The molecule has 0 spiro atoms. The third kappa shape index (κ3) is 3.80. The van der Waals surface area contributed by atoms with E-state index in [2.05, 4.69) is 17.6 Å². The van der Waals surface area contributed by atoms with Crippen molar-refractivity contribution in [3.8, 4) is 0 Å². The lowest BCUT2D eigenvalue weighted by Crippen LogP contribution is -2.30. The molecule has 0 rings (SSSR count). The first kappa shape index (κ1) is 9.86. The number of hydrogen-bond donors (Lipinski definition) is 1. The number of nitrogens with one attached hydrogen (secondary N) is 1. The van der Waals surface area contributed by atoms with Gasteiger partial charge in [-0.2, -0.15) is 0 Å². The summed E-state index contributed by atoms with van der Waals surface area (Å²) in [7, 11) is 0. The fourth-order valence-electron chi connectivity index (χ4n) is 0.198. The third-order valence-electron chi connectivity index (χ3n) is 0.563. The van der Waals surface area contributed by atoms with Gasteiger partial charge in [-0.25, -0.2) is 0 Å². The maximum absolute atomic E-state index is 10.6. The molecule has 0 heterocycles. The summed E-state index contributed by atoms with van der Waals surface area (Å²) in [6.45, 7) is 3.19. The van der Waals surface area contributed by atoms with Crippen molar-refractivity contribution in [1.29, 1.82) is 0 Å². The van der Waals surface area contributed by atoms with Gasteiger partial charge in [0.15, 0.2) is 0 Å². The summed E-state index contributed by atoms with van der Waals surface area (Å²) in [5.74, 6) is -0.728. The lowest BCUT2D eigenvalue weighted by Gasteiger charge is -2.06. The molecule has 5 heteroatoms. The van der Waals surface area contributed by atoms with Crippen LogP contribution in [0.1, 0.15) is 0 Å². The van der Waals surface area contributed by atoms with Crippen LogP contribution in [-0.2, 0) is 4.79 Å². The van der Waals surface area contributed by atoms with Gasteiger partial charge < -0.3 is 5.32 Å². The Kier molecular flexibility index (Phi) is 3.84. The number of rotatable bonds is 1. The van der Waals surface area contributed by atoms with E-state index in [-0.39, 0.29) is 0 Å². The largest absolute Gasteiger partial charge is 0.322 e. The van der Waals surface area contributed by atoms with Gasteiger partial charge in [-0.1, -0.05) is 41.4 Å². The van der Waals surface area contributed by atoms with Crippen LogP contribution >= 0.6 is 34.8 Å². The summed E-state index contributed by atoms with van der Waals surface area (Å²) in [4.78, 5) is 10.6. The van der Waals surface area contributed by atoms with Crippen molar-refractivity contribution in [3.63, 3.8) is 0 Å². The second-order valence-corrected chi connectivity index (χ2v) is 3.60. The molecular formula is C5H4Cl3NO. The molecule has 56 valence electrons. The Bertz CT molecular complexity index is 178. The number of halogens is 3. The molecule has 0 atom stereocenters. The maximum atomic E-state index is 10.6. The van der Waals surface area contributed by atoms with E-state index in [1.54, 1.807) is 0 Å². The van der Waals surface area contributed by atoms with Crippen molar-refractivity contribution in [3.05, 3.63) is 18.5 Å². The Hall–Kier alpha value is -0.140. The van der Waals surface area contributed by atoms with Crippen molar-refractivity contribution in [2.24, 2.45) is 0 Å². The maximum Gasteiger partial charge on any atom is 0.276 e. The van der Waals surface area contributed by atoms with E-state index >= 15 is 0 Å². The van der Waals surface area contributed by atoms with Gasteiger partial charge in [-0.15, -0.1) is 5.73 Å². The lowest BCUT2D eigenvalue weighted by atomic mass is 10.7. The van der Waals surface area contributed by atoms with E-state index in [1.807, 2.05) is 0 Å². The Morgan fingerprint density at radius 1 is 1.60 bits per heavy atom. The highest BCUT2D eigenvalue weighted by atomic mass is 35.6. The molecule has 0 saturated heterocycles. The topological polar surface area (TPSA) is 29.1 Å². The molecule has 0 aromatic rings. The molecule has 1 amide bonds. The first-order valence-corrected chi connectivity index (χ1v) is 3.34. The first-order chi connectivity index (χ1) is 4.48. The molecular weight excluding hydrogens is 196 g/mol. The van der Waals surface area contributed by atoms with Crippen LogP contribution < -0.4 is 5.32 Å². The zero-order valence-electron chi connectivity index (χ0n) is 4.83. The van der Waals surface area contributed by atoms with Gasteiger partial charge in [0.05, 0.1) is 0 Å². The fourth-order valence-corrected chi connectivity index (χ4v) is 0.362. The predicted octanol–water partition coefficient (Wildman–Crippen LogP) is 1.77. The molecule has 0 aliphatic heterocycles. The molecule has 1 N–H and O–H groups in total. The van der Waals surface area contributed by atoms with E-state index in [4.69, 9.17) is 34.8 Å². The molecule has 0 radical (unpaired) electrons. The van der Waals surface area contributed by atoms with Gasteiger partial charge in [0.2, 0.25) is 0 Å². The molecule has 0 aliphatic rings. The smallest absolute Gasteiger partial charge is 0.276 e. The lowest BCUT2D eigenvalue weighted by molar-refractivity contribution is -0.119.